The first-order chi connectivity index (χ1) is 13.9. The van der Waals surface area contributed by atoms with Gasteiger partial charge in [-0.1, -0.05) is 12.1 Å². The van der Waals surface area contributed by atoms with Crippen LogP contribution < -0.4 is 4.74 Å². The summed E-state index contributed by atoms with van der Waals surface area (Å²) in [5.41, 5.74) is 0. The number of carbonyl (C=O) groups excluding carboxylic acids is 1. The van der Waals surface area contributed by atoms with Crippen LogP contribution in [0.2, 0.25) is 0 Å². The van der Waals surface area contributed by atoms with Gasteiger partial charge < -0.3 is 9.64 Å². The Morgan fingerprint density at radius 3 is 2.93 bits per heavy atom. The van der Waals surface area contributed by atoms with Crippen molar-refractivity contribution in [3.63, 3.8) is 0 Å². The lowest BCUT2D eigenvalue weighted by Gasteiger charge is -2.32. The first-order valence-corrected chi connectivity index (χ1v) is 10.0. The molecule has 1 atom stereocenters. The van der Waals surface area contributed by atoms with Gasteiger partial charge in [-0.25, -0.2) is 9.07 Å². The number of hydrogen-bond donors (Lipinski definition) is 0. The number of hydrogen-bond acceptors (Lipinski definition) is 6. The second-order valence-corrected chi connectivity index (χ2v) is 7.85. The van der Waals surface area contributed by atoms with Crippen molar-refractivity contribution < 1.29 is 13.9 Å². The van der Waals surface area contributed by atoms with Crippen LogP contribution in [-0.2, 0) is 17.9 Å². The van der Waals surface area contributed by atoms with Crippen LogP contribution in [0.1, 0.15) is 32.5 Å². The Balaban J connectivity index is 1.54. The maximum absolute atomic E-state index is 13.7. The number of nitrogens with zero attached hydrogens (tertiary/aromatic N) is 6. The van der Waals surface area contributed by atoms with E-state index in [1.54, 1.807) is 22.9 Å². The standard InChI is InChI=1S/C20H29FN6O2/c1-15(2)25(3)12-19-22-23-24-27(19)13-20(28)26-10-6-7-16(11-26)14-29-18-9-5-4-8-17(18)21/h4-5,8-9,15-16H,6-7,10-14H2,1-3H3. The van der Waals surface area contributed by atoms with Crippen LogP contribution in [0, 0.1) is 11.7 Å². The van der Waals surface area contributed by atoms with Gasteiger partial charge in [0.2, 0.25) is 5.91 Å². The maximum atomic E-state index is 13.7. The van der Waals surface area contributed by atoms with Crippen molar-refractivity contribution in [3.05, 3.63) is 35.9 Å². The number of halogens is 1. The summed E-state index contributed by atoms with van der Waals surface area (Å²) in [6.07, 6.45) is 1.85. The predicted molar refractivity (Wildman–Crippen MR) is 106 cm³/mol. The van der Waals surface area contributed by atoms with Gasteiger partial charge in [0, 0.05) is 25.0 Å². The van der Waals surface area contributed by atoms with Crippen LogP contribution >= 0.6 is 0 Å². The van der Waals surface area contributed by atoms with E-state index < -0.39 is 0 Å². The van der Waals surface area contributed by atoms with Gasteiger partial charge >= 0.3 is 0 Å². The lowest BCUT2D eigenvalue weighted by atomic mass is 9.99. The number of benzene rings is 1. The Kier molecular flexibility index (Phi) is 7.13. The number of piperidine rings is 1. The van der Waals surface area contributed by atoms with Gasteiger partial charge in [0.05, 0.1) is 13.2 Å². The molecule has 0 saturated carbocycles. The van der Waals surface area contributed by atoms with Crippen molar-refractivity contribution in [2.24, 2.45) is 5.92 Å². The molecule has 1 aliphatic rings. The summed E-state index contributed by atoms with van der Waals surface area (Å²) in [5, 5.41) is 11.8. The van der Waals surface area contributed by atoms with Gasteiger partial charge in [-0.15, -0.1) is 5.10 Å². The first kappa shape index (κ1) is 21.2. The molecule has 1 saturated heterocycles. The molecule has 8 nitrogen and oxygen atoms in total. The molecule has 0 spiro atoms. The number of para-hydroxylation sites is 1. The Bertz CT molecular complexity index is 812. The molecule has 2 heterocycles. The van der Waals surface area contributed by atoms with Gasteiger partial charge in [-0.2, -0.15) is 0 Å². The highest BCUT2D eigenvalue weighted by Crippen LogP contribution is 2.21. The Morgan fingerprint density at radius 1 is 1.38 bits per heavy atom. The van der Waals surface area contributed by atoms with Crippen LogP contribution in [0.25, 0.3) is 0 Å². The van der Waals surface area contributed by atoms with Gasteiger partial charge in [0.1, 0.15) is 6.54 Å². The molecule has 1 fully saturated rings. The summed E-state index contributed by atoms with van der Waals surface area (Å²) < 4.78 is 20.9. The van der Waals surface area contributed by atoms with E-state index in [4.69, 9.17) is 4.74 Å². The third-order valence-electron chi connectivity index (χ3n) is 5.35. The van der Waals surface area contributed by atoms with Crippen LogP contribution in [-0.4, -0.2) is 68.7 Å². The molecule has 158 valence electrons. The zero-order chi connectivity index (χ0) is 20.8. The highest BCUT2D eigenvalue weighted by atomic mass is 19.1. The molecule has 1 aliphatic heterocycles. The lowest BCUT2D eigenvalue weighted by Crippen LogP contribution is -2.43. The van der Waals surface area contributed by atoms with Crippen molar-refractivity contribution in [2.45, 2.75) is 45.8 Å². The molecule has 2 aromatic rings. The van der Waals surface area contributed by atoms with Crippen LogP contribution in [0.3, 0.4) is 0 Å². The number of carbonyl (C=O) groups is 1. The molecule has 0 aliphatic carbocycles. The van der Waals surface area contributed by atoms with Crippen LogP contribution in [0.5, 0.6) is 5.75 Å². The summed E-state index contributed by atoms with van der Waals surface area (Å²) in [6.45, 7) is 6.58. The fourth-order valence-electron chi connectivity index (χ4n) is 3.29. The third-order valence-corrected chi connectivity index (χ3v) is 5.35. The normalized spacial score (nSPS) is 17.2. The summed E-state index contributed by atoms with van der Waals surface area (Å²) in [5.74, 6) is 0.720. The number of likely N-dealkylation sites (tertiary alicyclic amines) is 1. The molecular weight excluding hydrogens is 375 g/mol. The second kappa shape index (κ2) is 9.78. The Morgan fingerprint density at radius 2 is 2.17 bits per heavy atom. The monoisotopic (exact) mass is 404 g/mol. The van der Waals surface area contributed by atoms with E-state index >= 15 is 0 Å². The van der Waals surface area contributed by atoms with Crippen molar-refractivity contribution in [2.75, 3.05) is 26.7 Å². The summed E-state index contributed by atoms with van der Waals surface area (Å²) in [4.78, 5) is 16.8. The molecular formula is C20H29FN6O2. The highest BCUT2D eigenvalue weighted by Gasteiger charge is 2.25. The lowest BCUT2D eigenvalue weighted by molar-refractivity contribution is -0.134. The van der Waals surface area contributed by atoms with E-state index in [-0.39, 0.29) is 29.9 Å². The van der Waals surface area contributed by atoms with E-state index in [9.17, 15) is 9.18 Å². The molecule has 1 amide bonds. The zero-order valence-electron chi connectivity index (χ0n) is 17.3. The summed E-state index contributed by atoms with van der Waals surface area (Å²) in [7, 11) is 2.00. The van der Waals surface area contributed by atoms with Gasteiger partial charge in [0.25, 0.3) is 0 Å². The molecule has 0 radical (unpaired) electrons. The van der Waals surface area contributed by atoms with Crippen molar-refractivity contribution in [3.8, 4) is 5.75 Å². The SMILES string of the molecule is CC(C)N(C)Cc1nnnn1CC(=O)N1CCCC(COc2ccccc2F)C1. The highest BCUT2D eigenvalue weighted by molar-refractivity contribution is 5.76. The number of ether oxygens (including phenoxy) is 1. The van der Waals surface area contributed by atoms with Crippen molar-refractivity contribution in [1.82, 2.24) is 30.0 Å². The topological polar surface area (TPSA) is 76.4 Å². The average molecular weight is 404 g/mol. The van der Waals surface area contributed by atoms with Crippen molar-refractivity contribution in [1.29, 1.82) is 0 Å². The molecule has 9 heteroatoms. The molecule has 3 rings (SSSR count). The molecule has 1 aromatic heterocycles. The minimum absolute atomic E-state index is 0.0126. The summed E-state index contributed by atoms with van der Waals surface area (Å²) >= 11 is 0. The zero-order valence-corrected chi connectivity index (χ0v) is 17.3. The third kappa shape index (κ3) is 5.72. The molecule has 1 aromatic carbocycles. The molecule has 0 bridgehead atoms. The quantitative estimate of drug-likeness (QED) is 0.670. The first-order valence-electron chi connectivity index (χ1n) is 10.0. The summed E-state index contributed by atoms with van der Waals surface area (Å²) in [6, 6.07) is 6.74. The Labute approximate surface area is 170 Å². The maximum Gasteiger partial charge on any atom is 0.244 e. The number of rotatable bonds is 8. The van der Waals surface area contributed by atoms with E-state index in [0.717, 1.165) is 12.8 Å². The molecule has 0 N–H and O–H groups in total. The van der Waals surface area contributed by atoms with Crippen LogP contribution in [0.4, 0.5) is 4.39 Å². The van der Waals surface area contributed by atoms with Gasteiger partial charge in [-0.3, -0.25) is 9.69 Å². The molecule has 1 unspecified atom stereocenters. The fourth-order valence-corrected chi connectivity index (χ4v) is 3.29. The van der Waals surface area contributed by atoms with E-state index in [2.05, 4.69) is 34.3 Å². The van der Waals surface area contributed by atoms with E-state index in [0.29, 0.717) is 38.1 Å². The van der Waals surface area contributed by atoms with Crippen LogP contribution in [0.15, 0.2) is 24.3 Å². The number of amides is 1. The average Bonchev–Trinajstić information content (AvgIpc) is 3.14. The minimum atomic E-state index is -0.367. The largest absolute Gasteiger partial charge is 0.490 e. The van der Waals surface area contributed by atoms with Crippen molar-refractivity contribution >= 4 is 5.91 Å². The minimum Gasteiger partial charge on any atom is -0.490 e. The molecule has 29 heavy (non-hydrogen) atoms. The number of aromatic nitrogens is 4. The number of tetrazole rings is 1. The van der Waals surface area contributed by atoms with E-state index in [1.165, 1.54) is 6.07 Å². The van der Waals surface area contributed by atoms with Gasteiger partial charge in [0.15, 0.2) is 17.4 Å². The predicted octanol–water partition coefficient (Wildman–Crippen LogP) is 1.97. The van der Waals surface area contributed by atoms with Gasteiger partial charge in [-0.05, 0) is 56.3 Å². The second-order valence-electron chi connectivity index (χ2n) is 7.85. The van der Waals surface area contributed by atoms with E-state index in [1.807, 2.05) is 11.9 Å². The smallest absolute Gasteiger partial charge is 0.244 e. The fraction of sp³-hybridized carbons (Fsp3) is 0.600. The Hall–Kier alpha value is -2.55.